The molecule has 2 fully saturated rings. The first-order chi connectivity index (χ1) is 7.29. The van der Waals surface area contributed by atoms with E-state index in [-0.39, 0.29) is 11.3 Å². The van der Waals surface area contributed by atoms with E-state index in [0.29, 0.717) is 0 Å². The molecule has 1 amide bonds. The first kappa shape index (κ1) is 9.36. The molecule has 0 radical (unpaired) electrons. The van der Waals surface area contributed by atoms with Crippen molar-refractivity contribution in [3.8, 4) is 0 Å². The molecule has 1 aromatic rings. The van der Waals surface area contributed by atoms with Crippen LogP contribution in [0.15, 0.2) is 16.8 Å². The third-order valence-corrected chi connectivity index (χ3v) is 4.14. The van der Waals surface area contributed by atoms with E-state index in [4.69, 9.17) is 0 Å². The highest BCUT2D eigenvalue weighted by atomic mass is 32.1. The van der Waals surface area contributed by atoms with E-state index in [1.54, 1.807) is 11.3 Å². The molecule has 15 heavy (non-hydrogen) atoms. The summed E-state index contributed by atoms with van der Waals surface area (Å²) in [5, 5.41) is 7.45. The van der Waals surface area contributed by atoms with Gasteiger partial charge in [0.05, 0.1) is 5.69 Å². The Balaban J connectivity index is 1.85. The van der Waals surface area contributed by atoms with E-state index in [2.05, 4.69) is 10.7 Å². The number of nitrogens with one attached hydrogen (secondary N) is 1. The Morgan fingerprint density at radius 3 is 3.13 bits per heavy atom. The first-order valence-corrected chi connectivity index (χ1v) is 6.27. The van der Waals surface area contributed by atoms with E-state index < -0.39 is 0 Å². The summed E-state index contributed by atoms with van der Waals surface area (Å²) in [7, 11) is 0. The molecule has 4 heteroatoms. The standard InChI is InChI=1S/C11H14N2OS/c14-10-5-11(2-3-12-7-11)8-13(10)9-1-4-15-6-9/h1,4,6,12H,2-3,5,7-8H2/t11-/m1/s1. The Bertz CT molecular complexity index is 368. The van der Waals surface area contributed by atoms with Crippen molar-refractivity contribution in [2.75, 3.05) is 24.5 Å². The van der Waals surface area contributed by atoms with Crippen LogP contribution in [-0.4, -0.2) is 25.5 Å². The van der Waals surface area contributed by atoms with Gasteiger partial charge in [-0.15, -0.1) is 0 Å². The second-order valence-corrected chi connectivity index (χ2v) is 5.35. The molecule has 3 nitrogen and oxygen atoms in total. The number of nitrogens with zero attached hydrogens (tertiary/aromatic N) is 1. The van der Waals surface area contributed by atoms with Crippen LogP contribution in [0.5, 0.6) is 0 Å². The van der Waals surface area contributed by atoms with Crippen LogP contribution in [-0.2, 0) is 4.79 Å². The molecule has 3 rings (SSSR count). The second-order valence-electron chi connectivity index (χ2n) is 4.56. The Kier molecular flexibility index (Phi) is 2.07. The molecular weight excluding hydrogens is 208 g/mol. The van der Waals surface area contributed by atoms with E-state index in [1.807, 2.05) is 16.3 Å². The normalized spacial score (nSPS) is 30.7. The molecular formula is C11H14N2OS. The topological polar surface area (TPSA) is 32.3 Å². The van der Waals surface area contributed by atoms with Crippen LogP contribution in [0.4, 0.5) is 5.69 Å². The maximum absolute atomic E-state index is 11.9. The smallest absolute Gasteiger partial charge is 0.227 e. The average Bonchev–Trinajstić information content (AvgIpc) is 2.90. The minimum absolute atomic E-state index is 0.221. The van der Waals surface area contributed by atoms with Crippen molar-refractivity contribution < 1.29 is 4.79 Å². The van der Waals surface area contributed by atoms with Gasteiger partial charge in [-0.25, -0.2) is 0 Å². The lowest BCUT2D eigenvalue weighted by Crippen LogP contribution is -2.29. The molecule has 2 saturated heterocycles. The van der Waals surface area contributed by atoms with Gasteiger partial charge in [-0.1, -0.05) is 0 Å². The summed E-state index contributed by atoms with van der Waals surface area (Å²) in [5.41, 5.74) is 1.30. The number of carbonyl (C=O) groups excluding carboxylic acids is 1. The molecule has 1 aromatic heterocycles. The number of hydrogen-bond donors (Lipinski definition) is 1. The zero-order valence-corrected chi connectivity index (χ0v) is 9.35. The first-order valence-electron chi connectivity index (χ1n) is 5.32. The maximum Gasteiger partial charge on any atom is 0.227 e. The van der Waals surface area contributed by atoms with Crippen molar-refractivity contribution >= 4 is 22.9 Å². The summed E-state index contributed by atoms with van der Waals surface area (Å²) in [6.45, 7) is 2.96. The lowest BCUT2D eigenvalue weighted by atomic mass is 9.86. The summed E-state index contributed by atoms with van der Waals surface area (Å²) in [5.74, 6) is 0.289. The van der Waals surface area contributed by atoms with Crippen LogP contribution in [0, 0.1) is 5.41 Å². The van der Waals surface area contributed by atoms with E-state index in [1.165, 1.54) is 0 Å². The molecule has 1 atom stereocenters. The van der Waals surface area contributed by atoms with Crippen molar-refractivity contribution in [3.05, 3.63) is 16.8 Å². The highest BCUT2D eigenvalue weighted by Crippen LogP contribution is 2.39. The van der Waals surface area contributed by atoms with Gasteiger partial charge in [0.1, 0.15) is 0 Å². The van der Waals surface area contributed by atoms with Crippen molar-refractivity contribution in [1.29, 1.82) is 0 Å². The predicted octanol–water partition coefficient (Wildman–Crippen LogP) is 1.46. The van der Waals surface area contributed by atoms with Crippen LogP contribution >= 0.6 is 11.3 Å². The molecule has 0 bridgehead atoms. The van der Waals surface area contributed by atoms with Gasteiger partial charge < -0.3 is 10.2 Å². The zero-order valence-electron chi connectivity index (χ0n) is 8.53. The number of anilines is 1. The van der Waals surface area contributed by atoms with Gasteiger partial charge in [0.15, 0.2) is 0 Å². The number of thiophene rings is 1. The largest absolute Gasteiger partial charge is 0.316 e. The van der Waals surface area contributed by atoms with Gasteiger partial charge in [-0.2, -0.15) is 11.3 Å². The summed E-state index contributed by atoms with van der Waals surface area (Å²) >= 11 is 1.65. The minimum Gasteiger partial charge on any atom is -0.316 e. The summed E-state index contributed by atoms with van der Waals surface area (Å²) in [4.78, 5) is 13.9. The maximum atomic E-state index is 11.9. The molecule has 0 aliphatic carbocycles. The molecule has 0 unspecified atom stereocenters. The number of carbonyl (C=O) groups is 1. The molecule has 2 aliphatic heterocycles. The Morgan fingerprint density at radius 1 is 1.53 bits per heavy atom. The van der Waals surface area contributed by atoms with Crippen molar-refractivity contribution in [3.63, 3.8) is 0 Å². The van der Waals surface area contributed by atoms with Crippen LogP contribution in [0.3, 0.4) is 0 Å². The lowest BCUT2D eigenvalue weighted by Gasteiger charge is -2.21. The van der Waals surface area contributed by atoms with Crippen LogP contribution in [0.25, 0.3) is 0 Å². The van der Waals surface area contributed by atoms with Gasteiger partial charge in [0.25, 0.3) is 0 Å². The zero-order chi connectivity index (χ0) is 10.3. The molecule has 0 aromatic carbocycles. The second kappa shape index (κ2) is 3.32. The van der Waals surface area contributed by atoms with Gasteiger partial charge >= 0.3 is 0 Å². The summed E-state index contributed by atoms with van der Waals surface area (Å²) in [6.07, 6.45) is 1.86. The molecule has 1 N–H and O–H groups in total. The Morgan fingerprint density at radius 2 is 2.47 bits per heavy atom. The highest BCUT2D eigenvalue weighted by molar-refractivity contribution is 7.08. The third kappa shape index (κ3) is 1.48. The Hall–Kier alpha value is -0.870. The SMILES string of the molecule is O=C1C[C@@]2(CCNC2)CN1c1ccsc1. The quantitative estimate of drug-likeness (QED) is 0.780. The van der Waals surface area contributed by atoms with E-state index in [9.17, 15) is 4.79 Å². The lowest BCUT2D eigenvalue weighted by molar-refractivity contribution is -0.117. The summed E-state index contributed by atoms with van der Waals surface area (Å²) in [6, 6.07) is 2.03. The fourth-order valence-corrected chi connectivity index (χ4v) is 3.27. The third-order valence-electron chi connectivity index (χ3n) is 3.47. The monoisotopic (exact) mass is 222 g/mol. The molecule has 1 spiro atoms. The predicted molar refractivity (Wildman–Crippen MR) is 61.2 cm³/mol. The summed E-state index contributed by atoms with van der Waals surface area (Å²) < 4.78 is 0. The fourth-order valence-electron chi connectivity index (χ4n) is 2.62. The molecule has 3 heterocycles. The van der Waals surface area contributed by atoms with Crippen LogP contribution in [0.1, 0.15) is 12.8 Å². The molecule has 2 aliphatic rings. The van der Waals surface area contributed by atoms with E-state index in [0.717, 1.165) is 38.2 Å². The highest BCUT2D eigenvalue weighted by Gasteiger charge is 2.45. The molecule has 0 saturated carbocycles. The molecule has 80 valence electrons. The minimum atomic E-state index is 0.221. The van der Waals surface area contributed by atoms with E-state index >= 15 is 0 Å². The average molecular weight is 222 g/mol. The fraction of sp³-hybridized carbons (Fsp3) is 0.545. The van der Waals surface area contributed by atoms with Gasteiger partial charge in [0, 0.05) is 30.3 Å². The van der Waals surface area contributed by atoms with Crippen LogP contribution in [0.2, 0.25) is 0 Å². The van der Waals surface area contributed by atoms with Crippen molar-refractivity contribution in [2.45, 2.75) is 12.8 Å². The van der Waals surface area contributed by atoms with Crippen molar-refractivity contribution in [2.24, 2.45) is 5.41 Å². The van der Waals surface area contributed by atoms with Gasteiger partial charge in [-0.05, 0) is 24.4 Å². The van der Waals surface area contributed by atoms with Gasteiger partial charge in [0.2, 0.25) is 5.91 Å². The Labute approximate surface area is 93.1 Å². The van der Waals surface area contributed by atoms with Crippen LogP contribution < -0.4 is 10.2 Å². The van der Waals surface area contributed by atoms with Gasteiger partial charge in [-0.3, -0.25) is 4.79 Å². The number of rotatable bonds is 1. The number of hydrogen-bond acceptors (Lipinski definition) is 3. The van der Waals surface area contributed by atoms with Crippen molar-refractivity contribution in [1.82, 2.24) is 5.32 Å². The number of amides is 1.